The molecule has 0 bridgehead atoms. The summed E-state index contributed by atoms with van der Waals surface area (Å²) >= 11 is 1.48. The van der Waals surface area contributed by atoms with Gasteiger partial charge in [0.2, 0.25) is 0 Å². The maximum Gasteiger partial charge on any atom is 0.293 e. The fourth-order valence-corrected chi connectivity index (χ4v) is 3.03. The first-order chi connectivity index (χ1) is 9.51. The summed E-state index contributed by atoms with van der Waals surface area (Å²) in [5, 5.41) is 15.4. The number of aryl methyl sites for hydroxylation is 1. The molecule has 5 nitrogen and oxygen atoms in total. The zero-order valence-corrected chi connectivity index (χ0v) is 12.8. The number of hydrogen-bond donors (Lipinski definition) is 1. The number of anilines is 1. The summed E-state index contributed by atoms with van der Waals surface area (Å²) in [5.74, 6) is 0. The van der Waals surface area contributed by atoms with Crippen LogP contribution in [0.5, 0.6) is 0 Å². The molecule has 1 aromatic carbocycles. The molecule has 0 aliphatic rings. The van der Waals surface area contributed by atoms with Gasteiger partial charge in [0.15, 0.2) is 0 Å². The molecule has 1 heterocycles. The van der Waals surface area contributed by atoms with Crippen LogP contribution in [0, 0.1) is 17.0 Å². The molecule has 1 aromatic heterocycles. The van der Waals surface area contributed by atoms with Crippen LogP contribution in [0.4, 0.5) is 11.4 Å². The molecule has 1 unspecified atom stereocenters. The summed E-state index contributed by atoms with van der Waals surface area (Å²) in [6.45, 7) is 6.10. The van der Waals surface area contributed by atoms with E-state index in [0.29, 0.717) is 5.69 Å². The lowest BCUT2D eigenvalue weighted by Crippen LogP contribution is -2.15. The molecular formula is C14H19N3O2S. The van der Waals surface area contributed by atoms with E-state index >= 15 is 0 Å². The molecule has 0 aliphatic heterocycles. The molecule has 0 aliphatic carbocycles. The fourth-order valence-electron chi connectivity index (χ4n) is 2.19. The third kappa shape index (κ3) is 3.25. The smallest absolute Gasteiger partial charge is 0.293 e. The van der Waals surface area contributed by atoms with Crippen molar-refractivity contribution >= 4 is 32.9 Å². The maximum absolute atomic E-state index is 11.2. The Balaban J connectivity index is 2.34. The highest BCUT2D eigenvalue weighted by Gasteiger charge is 2.18. The molecule has 2 rings (SSSR count). The molecule has 0 spiro atoms. The normalized spacial score (nSPS) is 12.6. The number of fused-ring (bicyclic) bond motifs is 1. The number of aromatic nitrogens is 1. The number of nitro groups is 1. The van der Waals surface area contributed by atoms with Crippen LogP contribution in [-0.2, 0) is 0 Å². The molecule has 0 amide bonds. The van der Waals surface area contributed by atoms with Crippen molar-refractivity contribution in [3.63, 3.8) is 0 Å². The third-order valence-electron chi connectivity index (χ3n) is 3.20. The maximum atomic E-state index is 11.2. The van der Waals surface area contributed by atoms with Crippen molar-refractivity contribution in [2.24, 2.45) is 0 Å². The molecule has 0 saturated carbocycles. The molecule has 6 heteroatoms. The van der Waals surface area contributed by atoms with E-state index in [-0.39, 0.29) is 16.7 Å². The molecule has 1 atom stereocenters. The molecule has 108 valence electrons. The van der Waals surface area contributed by atoms with Crippen molar-refractivity contribution in [2.75, 3.05) is 5.32 Å². The van der Waals surface area contributed by atoms with Crippen molar-refractivity contribution in [1.29, 1.82) is 0 Å². The highest BCUT2D eigenvalue weighted by atomic mass is 32.1. The van der Waals surface area contributed by atoms with Crippen LogP contribution >= 0.6 is 11.3 Å². The van der Waals surface area contributed by atoms with Gasteiger partial charge in [-0.05, 0) is 26.3 Å². The molecule has 0 radical (unpaired) electrons. The van der Waals surface area contributed by atoms with Gasteiger partial charge in [-0.1, -0.05) is 19.8 Å². The van der Waals surface area contributed by atoms with Crippen LogP contribution < -0.4 is 5.32 Å². The lowest BCUT2D eigenvalue weighted by molar-refractivity contribution is -0.383. The Labute approximate surface area is 122 Å². The highest BCUT2D eigenvalue weighted by molar-refractivity contribution is 7.18. The summed E-state index contributed by atoms with van der Waals surface area (Å²) in [4.78, 5) is 15.3. The van der Waals surface area contributed by atoms with Crippen LogP contribution in [0.15, 0.2) is 12.1 Å². The number of thiazole rings is 1. The van der Waals surface area contributed by atoms with Gasteiger partial charge in [-0.15, -0.1) is 11.3 Å². The van der Waals surface area contributed by atoms with Crippen molar-refractivity contribution in [3.05, 3.63) is 27.3 Å². The van der Waals surface area contributed by atoms with Gasteiger partial charge >= 0.3 is 0 Å². The van der Waals surface area contributed by atoms with Gasteiger partial charge in [-0.25, -0.2) is 4.98 Å². The van der Waals surface area contributed by atoms with Crippen LogP contribution in [0.2, 0.25) is 0 Å². The minimum Gasteiger partial charge on any atom is -0.377 e. The second-order valence-corrected chi connectivity index (χ2v) is 6.25. The minimum atomic E-state index is -0.330. The Hall–Kier alpha value is -1.69. The van der Waals surface area contributed by atoms with E-state index in [1.807, 2.05) is 6.92 Å². The van der Waals surface area contributed by atoms with E-state index < -0.39 is 0 Å². The summed E-state index contributed by atoms with van der Waals surface area (Å²) < 4.78 is 0.862. The van der Waals surface area contributed by atoms with Crippen molar-refractivity contribution in [2.45, 2.75) is 46.1 Å². The quantitative estimate of drug-likeness (QED) is 0.628. The molecule has 1 N–H and O–H groups in total. The average molecular weight is 293 g/mol. The molecule has 20 heavy (non-hydrogen) atoms. The first-order valence-corrected chi connectivity index (χ1v) is 7.65. The first-order valence-electron chi connectivity index (χ1n) is 6.83. The van der Waals surface area contributed by atoms with Gasteiger partial charge in [0.05, 0.1) is 20.1 Å². The van der Waals surface area contributed by atoms with E-state index in [2.05, 4.69) is 24.1 Å². The first kappa shape index (κ1) is 14.7. The van der Waals surface area contributed by atoms with E-state index in [9.17, 15) is 10.1 Å². The Bertz CT molecular complexity index is 624. The number of nitro benzene ring substituents is 1. The van der Waals surface area contributed by atoms with Crippen molar-refractivity contribution in [3.8, 4) is 0 Å². The average Bonchev–Trinajstić information content (AvgIpc) is 2.74. The summed E-state index contributed by atoms with van der Waals surface area (Å²) in [7, 11) is 0. The fraction of sp³-hybridized carbons (Fsp3) is 0.500. The van der Waals surface area contributed by atoms with Crippen LogP contribution in [0.25, 0.3) is 10.2 Å². The van der Waals surface area contributed by atoms with Crippen LogP contribution in [0.1, 0.15) is 38.1 Å². The number of unbranched alkanes of at least 4 members (excludes halogenated alkanes) is 1. The largest absolute Gasteiger partial charge is 0.377 e. The highest BCUT2D eigenvalue weighted by Crippen LogP contribution is 2.33. The van der Waals surface area contributed by atoms with Crippen LogP contribution in [-0.4, -0.2) is 15.9 Å². The number of benzene rings is 1. The van der Waals surface area contributed by atoms with Gasteiger partial charge < -0.3 is 5.32 Å². The summed E-state index contributed by atoms with van der Waals surface area (Å²) in [6.07, 6.45) is 3.24. The van der Waals surface area contributed by atoms with Gasteiger partial charge in [-0.3, -0.25) is 10.1 Å². The van der Waals surface area contributed by atoms with E-state index in [1.54, 1.807) is 12.1 Å². The second-order valence-electron chi connectivity index (χ2n) is 5.01. The molecule has 0 fully saturated rings. The lowest BCUT2D eigenvalue weighted by Gasteiger charge is -2.14. The zero-order valence-electron chi connectivity index (χ0n) is 12.0. The Morgan fingerprint density at radius 1 is 1.50 bits per heavy atom. The van der Waals surface area contributed by atoms with Crippen molar-refractivity contribution < 1.29 is 4.92 Å². The SMILES string of the molecule is CCCCC(C)Nc1cc2nc(C)sc2cc1[N+](=O)[O-]. The van der Waals surface area contributed by atoms with E-state index in [4.69, 9.17) is 0 Å². The van der Waals surface area contributed by atoms with E-state index in [0.717, 1.165) is 34.5 Å². The zero-order chi connectivity index (χ0) is 14.7. The monoisotopic (exact) mass is 293 g/mol. The number of nitrogens with one attached hydrogen (secondary N) is 1. The second kappa shape index (κ2) is 6.17. The number of nitrogens with zero attached hydrogens (tertiary/aromatic N) is 2. The number of rotatable bonds is 6. The molecule has 2 aromatic rings. The molecular weight excluding hydrogens is 274 g/mol. The third-order valence-corrected chi connectivity index (χ3v) is 4.14. The Morgan fingerprint density at radius 2 is 2.25 bits per heavy atom. The summed E-state index contributed by atoms with van der Waals surface area (Å²) in [5.41, 5.74) is 1.52. The van der Waals surface area contributed by atoms with Gasteiger partial charge in [0.1, 0.15) is 5.69 Å². The predicted molar refractivity (Wildman–Crippen MR) is 83.6 cm³/mol. The van der Waals surface area contributed by atoms with Gasteiger partial charge in [-0.2, -0.15) is 0 Å². The standard InChI is InChI=1S/C14H19N3O2S/c1-4-5-6-9(2)15-11-7-12-14(20-10(3)16-12)8-13(11)17(18)19/h7-9,15H,4-6H2,1-3H3. The Morgan fingerprint density at radius 3 is 2.90 bits per heavy atom. The van der Waals surface area contributed by atoms with Gasteiger partial charge in [0, 0.05) is 12.1 Å². The summed E-state index contributed by atoms with van der Waals surface area (Å²) in [6, 6.07) is 3.62. The lowest BCUT2D eigenvalue weighted by atomic mass is 10.1. The Kier molecular flexibility index (Phi) is 4.54. The predicted octanol–water partition coefficient (Wildman–Crippen LogP) is 4.50. The van der Waals surface area contributed by atoms with E-state index in [1.165, 1.54) is 11.3 Å². The number of hydrogen-bond acceptors (Lipinski definition) is 5. The topological polar surface area (TPSA) is 68.1 Å². The van der Waals surface area contributed by atoms with Gasteiger partial charge in [0.25, 0.3) is 5.69 Å². The minimum absolute atomic E-state index is 0.129. The van der Waals surface area contributed by atoms with Crippen LogP contribution in [0.3, 0.4) is 0 Å². The molecule has 0 saturated heterocycles. The van der Waals surface area contributed by atoms with Crippen molar-refractivity contribution in [1.82, 2.24) is 4.98 Å².